The lowest BCUT2D eigenvalue weighted by Crippen LogP contribution is -1.75. The SMILES string of the molecule is CCCC(=CC=O)SC. The summed E-state index contributed by atoms with van der Waals surface area (Å²) in [5, 5.41) is 0. The predicted octanol–water partition coefficient (Wildman–Crippen LogP) is 2.23. The van der Waals surface area contributed by atoms with Crippen LogP contribution < -0.4 is 0 Å². The molecule has 0 saturated carbocycles. The number of allylic oxidation sites excluding steroid dienone is 2. The third-order valence-corrected chi connectivity index (χ3v) is 1.88. The highest BCUT2D eigenvalue weighted by Crippen LogP contribution is 2.15. The molecule has 1 nitrogen and oxygen atoms in total. The average molecular weight is 144 g/mol. The van der Waals surface area contributed by atoms with Gasteiger partial charge in [-0.25, -0.2) is 0 Å². The molecule has 0 aliphatic rings. The minimum atomic E-state index is 0.849. The van der Waals surface area contributed by atoms with Crippen LogP contribution in [0.5, 0.6) is 0 Å². The van der Waals surface area contributed by atoms with Crippen LogP contribution in [0.4, 0.5) is 0 Å². The van der Waals surface area contributed by atoms with Gasteiger partial charge < -0.3 is 0 Å². The molecule has 0 saturated heterocycles. The highest BCUT2D eigenvalue weighted by molar-refractivity contribution is 8.02. The summed E-state index contributed by atoms with van der Waals surface area (Å²) in [6.45, 7) is 2.11. The summed E-state index contributed by atoms with van der Waals surface area (Å²) in [5.41, 5.74) is 0. The zero-order valence-corrected chi connectivity index (χ0v) is 6.70. The monoisotopic (exact) mass is 144 g/mol. The van der Waals surface area contributed by atoms with E-state index in [1.807, 2.05) is 6.26 Å². The average Bonchev–Trinajstić information content (AvgIpc) is 1.88. The molecule has 0 atom stereocenters. The van der Waals surface area contributed by atoms with Crippen molar-refractivity contribution in [3.63, 3.8) is 0 Å². The molecule has 0 amide bonds. The predicted molar refractivity (Wildman–Crippen MR) is 42.6 cm³/mol. The number of carbonyl (C=O) groups excluding carboxylic acids is 1. The molecule has 0 unspecified atom stereocenters. The van der Waals surface area contributed by atoms with Crippen molar-refractivity contribution in [1.82, 2.24) is 0 Å². The van der Waals surface area contributed by atoms with Gasteiger partial charge in [-0.1, -0.05) is 13.3 Å². The van der Waals surface area contributed by atoms with Crippen LogP contribution in [0.25, 0.3) is 0 Å². The summed E-state index contributed by atoms with van der Waals surface area (Å²) >= 11 is 1.65. The number of rotatable bonds is 4. The van der Waals surface area contributed by atoms with E-state index in [0.29, 0.717) is 0 Å². The molecule has 0 rings (SSSR count). The summed E-state index contributed by atoms with van der Waals surface area (Å²) < 4.78 is 0. The highest BCUT2D eigenvalue weighted by atomic mass is 32.2. The topological polar surface area (TPSA) is 17.1 Å². The lowest BCUT2D eigenvalue weighted by atomic mass is 10.3. The summed E-state index contributed by atoms with van der Waals surface area (Å²) in [4.78, 5) is 11.1. The number of hydrogen-bond acceptors (Lipinski definition) is 2. The molecule has 0 aromatic heterocycles. The first-order chi connectivity index (χ1) is 4.35. The van der Waals surface area contributed by atoms with E-state index >= 15 is 0 Å². The Hall–Kier alpha value is -0.240. The third kappa shape index (κ3) is 4.28. The third-order valence-electron chi connectivity index (χ3n) is 1.01. The standard InChI is InChI=1S/C7H12OS/c1-3-4-7(9-2)5-6-8/h5-6H,3-4H2,1-2H3. The second kappa shape index (κ2) is 5.89. The van der Waals surface area contributed by atoms with Gasteiger partial charge in [0.15, 0.2) is 0 Å². The van der Waals surface area contributed by atoms with Gasteiger partial charge in [-0.05, 0) is 23.7 Å². The number of hydrogen-bond donors (Lipinski definition) is 0. The second-order valence-corrected chi connectivity index (χ2v) is 2.66. The molecule has 0 aliphatic heterocycles. The quantitative estimate of drug-likeness (QED) is 0.444. The van der Waals surface area contributed by atoms with Crippen LogP contribution in [0.2, 0.25) is 0 Å². The van der Waals surface area contributed by atoms with Crippen molar-refractivity contribution >= 4 is 18.0 Å². The van der Waals surface area contributed by atoms with Gasteiger partial charge in [-0.2, -0.15) is 0 Å². The van der Waals surface area contributed by atoms with E-state index in [1.54, 1.807) is 17.8 Å². The van der Waals surface area contributed by atoms with Crippen molar-refractivity contribution < 1.29 is 4.79 Å². The van der Waals surface area contributed by atoms with E-state index in [4.69, 9.17) is 0 Å². The van der Waals surface area contributed by atoms with Crippen LogP contribution in [0, 0.1) is 0 Å². The van der Waals surface area contributed by atoms with Gasteiger partial charge in [-0.3, -0.25) is 4.79 Å². The fourth-order valence-electron chi connectivity index (χ4n) is 0.576. The first kappa shape index (κ1) is 8.76. The van der Waals surface area contributed by atoms with E-state index in [-0.39, 0.29) is 0 Å². The normalized spacial score (nSPS) is 11.6. The molecule has 0 fully saturated rings. The van der Waals surface area contributed by atoms with Crippen LogP contribution in [-0.4, -0.2) is 12.5 Å². The summed E-state index contributed by atoms with van der Waals surface area (Å²) in [6, 6.07) is 0. The molecule has 0 N–H and O–H groups in total. The minimum Gasteiger partial charge on any atom is -0.299 e. The summed E-state index contributed by atoms with van der Waals surface area (Å²) in [5.74, 6) is 0. The van der Waals surface area contributed by atoms with Crippen LogP contribution in [-0.2, 0) is 4.79 Å². The van der Waals surface area contributed by atoms with Crippen LogP contribution in [0.3, 0.4) is 0 Å². The van der Waals surface area contributed by atoms with E-state index in [0.717, 1.165) is 19.1 Å². The molecular formula is C7H12OS. The first-order valence-corrected chi connectivity index (χ1v) is 4.26. The highest BCUT2D eigenvalue weighted by Gasteiger charge is 1.89. The molecule has 9 heavy (non-hydrogen) atoms. The lowest BCUT2D eigenvalue weighted by Gasteiger charge is -1.96. The molecule has 2 heteroatoms. The van der Waals surface area contributed by atoms with Crippen molar-refractivity contribution in [3.05, 3.63) is 11.0 Å². The fraction of sp³-hybridized carbons (Fsp3) is 0.571. The summed E-state index contributed by atoms with van der Waals surface area (Å²) in [6.07, 6.45) is 6.61. The molecule has 52 valence electrons. The Morgan fingerprint density at radius 3 is 2.67 bits per heavy atom. The largest absolute Gasteiger partial charge is 0.299 e. The Morgan fingerprint density at radius 1 is 1.67 bits per heavy atom. The van der Waals surface area contributed by atoms with Crippen molar-refractivity contribution in [3.8, 4) is 0 Å². The molecular weight excluding hydrogens is 132 g/mol. The smallest absolute Gasteiger partial charge is 0.143 e. The van der Waals surface area contributed by atoms with Gasteiger partial charge in [0.1, 0.15) is 6.29 Å². The maximum absolute atomic E-state index is 9.96. The maximum atomic E-state index is 9.96. The lowest BCUT2D eigenvalue weighted by molar-refractivity contribution is -0.104. The maximum Gasteiger partial charge on any atom is 0.143 e. The Kier molecular flexibility index (Phi) is 5.73. The van der Waals surface area contributed by atoms with Gasteiger partial charge in [0, 0.05) is 0 Å². The second-order valence-electron chi connectivity index (χ2n) is 1.72. The van der Waals surface area contributed by atoms with Gasteiger partial charge >= 0.3 is 0 Å². The molecule has 0 aromatic rings. The van der Waals surface area contributed by atoms with E-state index in [2.05, 4.69) is 6.92 Å². The van der Waals surface area contributed by atoms with Gasteiger partial charge in [0.25, 0.3) is 0 Å². The van der Waals surface area contributed by atoms with Gasteiger partial charge in [-0.15, -0.1) is 11.8 Å². The molecule has 0 spiro atoms. The van der Waals surface area contributed by atoms with Crippen LogP contribution >= 0.6 is 11.8 Å². The van der Waals surface area contributed by atoms with Crippen LogP contribution in [0.15, 0.2) is 11.0 Å². The van der Waals surface area contributed by atoms with Crippen molar-refractivity contribution in [2.24, 2.45) is 0 Å². The number of aldehydes is 1. The molecule has 0 aromatic carbocycles. The zero-order valence-electron chi connectivity index (χ0n) is 5.89. The van der Waals surface area contributed by atoms with Gasteiger partial charge in [0.05, 0.1) is 0 Å². The zero-order chi connectivity index (χ0) is 7.11. The Labute approximate surface area is 60.5 Å². The van der Waals surface area contributed by atoms with Crippen molar-refractivity contribution in [1.29, 1.82) is 0 Å². The Balaban J connectivity index is 3.66. The Morgan fingerprint density at radius 2 is 2.33 bits per heavy atom. The number of carbonyl (C=O) groups is 1. The van der Waals surface area contributed by atoms with Crippen LogP contribution in [0.1, 0.15) is 19.8 Å². The van der Waals surface area contributed by atoms with E-state index in [1.165, 1.54) is 4.91 Å². The molecule has 0 aliphatic carbocycles. The van der Waals surface area contributed by atoms with Crippen molar-refractivity contribution in [2.75, 3.05) is 6.26 Å². The first-order valence-electron chi connectivity index (χ1n) is 3.03. The molecule has 0 bridgehead atoms. The van der Waals surface area contributed by atoms with Gasteiger partial charge in [0.2, 0.25) is 0 Å². The summed E-state index contributed by atoms with van der Waals surface area (Å²) in [7, 11) is 0. The fourth-order valence-corrected chi connectivity index (χ4v) is 1.18. The van der Waals surface area contributed by atoms with E-state index < -0.39 is 0 Å². The Bertz CT molecular complexity index is 107. The van der Waals surface area contributed by atoms with Crippen molar-refractivity contribution in [2.45, 2.75) is 19.8 Å². The van der Waals surface area contributed by atoms with E-state index in [9.17, 15) is 4.79 Å². The molecule has 0 heterocycles. The molecule has 0 radical (unpaired) electrons. The minimum absolute atomic E-state index is 0.849. The number of thioether (sulfide) groups is 1.